The molecule has 8 heteroatoms. The minimum Gasteiger partial charge on any atom is -0.310 e. The van der Waals surface area contributed by atoms with Gasteiger partial charge in [-0.15, -0.1) is 5.10 Å². The summed E-state index contributed by atoms with van der Waals surface area (Å²) in [7, 11) is 0. The van der Waals surface area contributed by atoms with Crippen LogP contribution in [0.25, 0.3) is 17.2 Å². The van der Waals surface area contributed by atoms with Gasteiger partial charge in [0.1, 0.15) is 5.82 Å². The number of benzene rings is 2. The zero-order valence-electron chi connectivity index (χ0n) is 16.1. The number of rotatable bonds is 3. The predicted molar refractivity (Wildman–Crippen MR) is 114 cm³/mol. The van der Waals surface area contributed by atoms with Crippen LogP contribution in [0.3, 0.4) is 0 Å². The predicted octanol–water partition coefficient (Wildman–Crippen LogP) is 4.16. The highest BCUT2D eigenvalue weighted by atomic mass is 35.5. The first-order valence-electron chi connectivity index (χ1n) is 9.50. The average molecular weight is 417 g/mol. The maximum absolute atomic E-state index is 12.5. The molecule has 1 aliphatic heterocycles. The van der Waals surface area contributed by atoms with Crippen LogP contribution >= 0.6 is 11.6 Å². The van der Waals surface area contributed by atoms with Crippen molar-refractivity contribution in [2.75, 3.05) is 5.32 Å². The number of hydrogen-bond donors (Lipinski definition) is 1. The van der Waals surface area contributed by atoms with E-state index in [2.05, 4.69) is 25.6 Å². The van der Waals surface area contributed by atoms with E-state index < -0.39 is 0 Å². The fourth-order valence-corrected chi connectivity index (χ4v) is 4.03. The van der Waals surface area contributed by atoms with E-state index in [9.17, 15) is 4.79 Å². The number of carbonyl (C=O) groups excluding carboxylic acids is 1. The van der Waals surface area contributed by atoms with Gasteiger partial charge < -0.3 is 5.32 Å². The summed E-state index contributed by atoms with van der Waals surface area (Å²) in [5.41, 5.74) is 4.30. The minimum atomic E-state index is -0.147. The monoisotopic (exact) mass is 416 g/mol. The lowest BCUT2D eigenvalue weighted by Crippen LogP contribution is -2.25. The third-order valence-corrected chi connectivity index (χ3v) is 5.40. The Bertz CT molecular complexity index is 1250. The Labute approximate surface area is 177 Å². The SMILES string of the molecule is Cc1nn(-c2nncc(-c3ccccc3)n2)c2c1[C@H](c1cccc(Cl)c1)CC(=O)N2. The molecule has 1 atom stereocenters. The van der Waals surface area contributed by atoms with E-state index >= 15 is 0 Å². The van der Waals surface area contributed by atoms with Gasteiger partial charge in [-0.2, -0.15) is 14.9 Å². The Kier molecular flexibility index (Phi) is 4.52. The van der Waals surface area contributed by atoms with Crippen LogP contribution in [0.2, 0.25) is 5.02 Å². The molecule has 0 unspecified atom stereocenters. The highest BCUT2D eigenvalue weighted by Gasteiger charge is 2.33. The lowest BCUT2D eigenvalue weighted by Gasteiger charge is -2.24. The highest BCUT2D eigenvalue weighted by Crippen LogP contribution is 2.40. The normalized spacial score (nSPS) is 15.5. The van der Waals surface area contributed by atoms with E-state index in [-0.39, 0.29) is 11.8 Å². The van der Waals surface area contributed by atoms with Crippen LogP contribution in [0, 0.1) is 6.92 Å². The van der Waals surface area contributed by atoms with Crippen molar-refractivity contribution in [3.63, 3.8) is 0 Å². The molecule has 0 fully saturated rings. The van der Waals surface area contributed by atoms with E-state index in [4.69, 9.17) is 11.6 Å². The standard InChI is InChI=1S/C22H17ClN6O/c1-13-20-17(15-8-5-9-16(23)10-15)11-19(30)26-21(20)29(28-13)22-25-18(12-24-27-22)14-6-3-2-4-7-14/h2-10,12,17H,11H2,1H3,(H,26,30)/t17-/m0/s1. The Morgan fingerprint density at radius 2 is 1.97 bits per heavy atom. The molecule has 2 aromatic heterocycles. The number of aryl methyl sites for hydroxylation is 1. The first-order valence-corrected chi connectivity index (χ1v) is 9.88. The van der Waals surface area contributed by atoms with Crippen molar-refractivity contribution in [1.29, 1.82) is 0 Å². The van der Waals surface area contributed by atoms with Gasteiger partial charge in [-0.05, 0) is 24.6 Å². The van der Waals surface area contributed by atoms with Gasteiger partial charge >= 0.3 is 0 Å². The van der Waals surface area contributed by atoms with E-state index in [1.165, 1.54) is 0 Å². The van der Waals surface area contributed by atoms with Crippen LogP contribution in [0.5, 0.6) is 0 Å². The number of amides is 1. The molecule has 1 aliphatic rings. The second-order valence-corrected chi connectivity index (χ2v) is 7.56. The zero-order chi connectivity index (χ0) is 20.7. The molecular weight excluding hydrogens is 400 g/mol. The van der Waals surface area contributed by atoms with Crippen molar-refractivity contribution >= 4 is 23.3 Å². The molecule has 0 radical (unpaired) electrons. The van der Waals surface area contributed by atoms with Gasteiger partial charge in [0.25, 0.3) is 5.95 Å². The first-order chi connectivity index (χ1) is 14.6. The van der Waals surface area contributed by atoms with Crippen LogP contribution in [0.4, 0.5) is 5.82 Å². The number of fused-ring (bicyclic) bond motifs is 1. The van der Waals surface area contributed by atoms with Gasteiger partial charge in [0, 0.05) is 28.5 Å². The molecule has 0 spiro atoms. The second kappa shape index (κ2) is 7.35. The molecule has 1 amide bonds. The highest BCUT2D eigenvalue weighted by molar-refractivity contribution is 6.30. The lowest BCUT2D eigenvalue weighted by atomic mass is 9.86. The molecular formula is C22H17ClN6O. The summed E-state index contributed by atoms with van der Waals surface area (Å²) < 4.78 is 1.55. The van der Waals surface area contributed by atoms with Crippen LogP contribution in [-0.2, 0) is 4.79 Å². The number of halogens is 1. The van der Waals surface area contributed by atoms with Gasteiger partial charge in [-0.25, -0.2) is 4.98 Å². The van der Waals surface area contributed by atoms with Gasteiger partial charge in [0.15, 0.2) is 0 Å². The molecule has 0 bridgehead atoms. The lowest BCUT2D eigenvalue weighted by molar-refractivity contribution is -0.116. The van der Waals surface area contributed by atoms with E-state index in [1.54, 1.807) is 10.9 Å². The maximum atomic E-state index is 12.5. The molecule has 3 heterocycles. The van der Waals surface area contributed by atoms with Crippen LogP contribution < -0.4 is 5.32 Å². The fraction of sp³-hybridized carbons (Fsp3) is 0.136. The molecule has 0 saturated carbocycles. The Balaban J connectivity index is 1.63. The van der Waals surface area contributed by atoms with E-state index in [0.717, 1.165) is 22.4 Å². The number of carbonyl (C=O) groups is 1. The molecule has 1 N–H and O–H groups in total. The first kappa shape index (κ1) is 18.4. The summed E-state index contributed by atoms with van der Waals surface area (Å²) in [5.74, 6) is 0.626. The molecule has 0 saturated heterocycles. The second-order valence-electron chi connectivity index (χ2n) is 7.13. The molecule has 0 aliphatic carbocycles. The number of hydrogen-bond acceptors (Lipinski definition) is 5. The number of nitrogens with zero attached hydrogens (tertiary/aromatic N) is 5. The third-order valence-electron chi connectivity index (χ3n) is 5.16. The molecule has 7 nitrogen and oxygen atoms in total. The van der Waals surface area contributed by atoms with Crippen LogP contribution in [0.1, 0.15) is 29.2 Å². The number of nitrogens with one attached hydrogen (secondary N) is 1. The van der Waals surface area contributed by atoms with Gasteiger partial charge in [0.2, 0.25) is 5.91 Å². The van der Waals surface area contributed by atoms with E-state index in [1.807, 2.05) is 61.5 Å². The topological polar surface area (TPSA) is 85.6 Å². The minimum absolute atomic E-state index is 0.0965. The number of aromatic nitrogens is 5. The summed E-state index contributed by atoms with van der Waals surface area (Å²) >= 11 is 6.19. The molecule has 148 valence electrons. The molecule has 5 rings (SSSR count). The average Bonchev–Trinajstić information content (AvgIpc) is 3.10. The Morgan fingerprint density at radius 1 is 1.13 bits per heavy atom. The fourth-order valence-electron chi connectivity index (χ4n) is 3.83. The molecule has 2 aromatic carbocycles. The van der Waals surface area contributed by atoms with Crippen LogP contribution in [0.15, 0.2) is 60.8 Å². The van der Waals surface area contributed by atoms with Crippen LogP contribution in [-0.4, -0.2) is 30.9 Å². The summed E-state index contributed by atoms with van der Waals surface area (Å²) in [4.78, 5) is 17.2. The summed E-state index contributed by atoms with van der Waals surface area (Å²) in [6, 6.07) is 17.3. The molecule has 30 heavy (non-hydrogen) atoms. The van der Waals surface area contributed by atoms with Gasteiger partial charge in [-0.3, -0.25) is 4.79 Å². The maximum Gasteiger partial charge on any atom is 0.272 e. The van der Waals surface area contributed by atoms with Crippen molar-refractivity contribution in [1.82, 2.24) is 25.0 Å². The third kappa shape index (κ3) is 3.23. The van der Waals surface area contributed by atoms with Gasteiger partial charge in [-0.1, -0.05) is 54.1 Å². The summed E-state index contributed by atoms with van der Waals surface area (Å²) in [5, 5.41) is 16.5. The van der Waals surface area contributed by atoms with Crippen molar-refractivity contribution in [3.05, 3.63) is 82.6 Å². The Morgan fingerprint density at radius 3 is 2.77 bits per heavy atom. The largest absolute Gasteiger partial charge is 0.310 e. The summed E-state index contributed by atoms with van der Waals surface area (Å²) in [6.07, 6.45) is 1.93. The molecule has 4 aromatic rings. The Hall–Kier alpha value is -3.58. The quantitative estimate of drug-likeness (QED) is 0.542. The van der Waals surface area contributed by atoms with Gasteiger partial charge in [0.05, 0.1) is 17.6 Å². The smallest absolute Gasteiger partial charge is 0.272 e. The van der Waals surface area contributed by atoms with Crippen molar-refractivity contribution in [2.24, 2.45) is 0 Å². The van der Waals surface area contributed by atoms with Crippen molar-refractivity contribution < 1.29 is 4.79 Å². The van der Waals surface area contributed by atoms with E-state index in [0.29, 0.717) is 28.9 Å². The summed E-state index contributed by atoms with van der Waals surface area (Å²) in [6.45, 7) is 1.92. The van der Waals surface area contributed by atoms with Crippen molar-refractivity contribution in [3.8, 4) is 17.2 Å². The van der Waals surface area contributed by atoms with Crippen molar-refractivity contribution in [2.45, 2.75) is 19.3 Å². The zero-order valence-corrected chi connectivity index (χ0v) is 16.8. The number of anilines is 1.